The Balaban J connectivity index is 2.30. The predicted molar refractivity (Wildman–Crippen MR) is 89.8 cm³/mol. The smallest absolute Gasteiger partial charge is 0.399 e. The van der Waals surface area contributed by atoms with Crippen molar-refractivity contribution in [3.05, 3.63) is 50.7 Å². The standard InChI is InChI=1S/C14H12F3N5O5S/c1-22-9-8(10(23)20-12(22)25)13(11(24)19-9,14(15,16)17)21-28(26,27)7-4-2-6(18)3-5-7/h2-5,21H,18H2,1H3,(H,19,24)(H,20,23,25)/t13-/m1/s1. The largest absolute Gasteiger partial charge is 0.421 e. The number of amides is 1. The van der Waals surface area contributed by atoms with E-state index in [4.69, 9.17) is 5.73 Å². The van der Waals surface area contributed by atoms with Crippen LogP contribution in [0.4, 0.5) is 24.7 Å². The number of hydrogen-bond donors (Lipinski definition) is 4. The zero-order valence-electron chi connectivity index (χ0n) is 13.9. The van der Waals surface area contributed by atoms with Crippen LogP contribution in [-0.4, -0.2) is 30.1 Å². The summed E-state index contributed by atoms with van der Waals surface area (Å²) in [6.07, 6.45) is -5.56. The van der Waals surface area contributed by atoms with Gasteiger partial charge in [0.05, 0.1) is 10.5 Å². The second-order valence-corrected chi connectivity index (χ2v) is 7.60. The molecule has 0 bridgehead atoms. The summed E-state index contributed by atoms with van der Waals surface area (Å²) in [6.45, 7) is 0. The Hall–Kier alpha value is -3.13. The number of aromatic nitrogens is 2. The highest BCUT2D eigenvalue weighted by Crippen LogP contribution is 2.45. The van der Waals surface area contributed by atoms with Crippen LogP contribution in [0.3, 0.4) is 0 Å². The normalized spacial score (nSPS) is 19.4. The van der Waals surface area contributed by atoms with Gasteiger partial charge in [-0.15, -0.1) is 0 Å². The number of anilines is 2. The zero-order chi connectivity index (χ0) is 21.1. The maximum atomic E-state index is 14.0. The van der Waals surface area contributed by atoms with E-state index in [0.717, 1.165) is 31.3 Å². The Morgan fingerprint density at radius 3 is 2.25 bits per heavy atom. The fourth-order valence-electron chi connectivity index (χ4n) is 2.76. The summed E-state index contributed by atoms with van der Waals surface area (Å²) >= 11 is 0. The summed E-state index contributed by atoms with van der Waals surface area (Å²) in [4.78, 5) is 37.1. The minimum atomic E-state index is -5.56. The maximum Gasteiger partial charge on any atom is 0.421 e. The van der Waals surface area contributed by atoms with Crippen LogP contribution in [0.1, 0.15) is 5.56 Å². The van der Waals surface area contributed by atoms with Gasteiger partial charge in [-0.1, -0.05) is 0 Å². The highest BCUT2D eigenvalue weighted by atomic mass is 32.2. The number of halogens is 3. The number of aromatic amines is 1. The van der Waals surface area contributed by atoms with Gasteiger partial charge in [-0.25, -0.2) is 13.2 Å². The number of nitrogens with one attached hydrogen (secondary N) is 3. The van der Waals surface area contributed by atoms with Crippen molar-refractivity contribution >= 4 is 27.4 Å². The first kappa shape index (κ1) is 19.6. The molecule has 0 fully saturated rings. The Morgan fingerprint density at radius 1 is 1.14 bits per heavy atom. The van der Waals surface area contributed by atoms with Gasteiger partial charge in [0.1, 0.15) is 5.82 Å². The molecule has 2 aromatic rings. The maximum absolute atomic E-state index is 14.0. The molecule has 10 nitrogen and oxygen atoms in total. The van der Waals surface area contributed by atoms with E-state index in [9.17, 15) is 36.0 Å². The quantitative estimate of drug-likeness (QED) is 0.484. The van der Waals surface area contributed by atoms with Crippen molar-refractivity contribution in [3.8, 4) is 0 Å². The Morgan fingerprint density at radius 2 is 1.71 bits per heavy atom. The van der Waals surface area contributed by atoms with E-state index in [1.54, 1.807) is 10.3 Å². The summed E-state index contributed by atoms with van der Waals surface area (Å²) in [5, 5.41) is 1.77. The number of fused-ring (bicyclic) bond motifs is 1. The first-order chi connectivity index (χ1) is 12.8. The third-order valence-electron chi connectivity index (χ3n) is 4.17. The van der Waals surface area contributed by atoms with Crippen LogP contribution < -0.4 is 27.0 Å². The van der Waals surface area contributed by atoms with Crippen molar-refractivity contribution in [3.63, 3.8) is 0 Å². The molecule has 1 aromatic carbocycles. The molecule has 28 heavy (non-hydrogen) atoms. The Kier molecular flexibility index (Phi) is 4.16. The van der Waals surface area contributed by atoms with Gasteiger partial charge < -0.3 is 11.1 Å². The molecule has 0 aliphatic carbocycles. The van der Waals surface area contributed by atoms with Gasteiger partial charge in [-0.2, -0.15) is 17.9 Å². The number of nitrogens with zero attached hydrogens (tertiary/aromatic N) is 1. The van der Waals surface area contributed by atoms with Gasteiger partial charge in [0.25, 0.3) is 11.5 Å². The summed E-state index contributed by atoms with van der Waals surface area (Å²) in [5.41, 5.74) is -2.30. The monoisotopic (exact) mass is 419 g/mol. The number of H-pyrrole nitrogens is 1. The van der Waals surface area contributed by atoms with E-state index in [-0.39, 0.29) is 5.69 Å². The van der Waals surface area contributed by atoms with Crippen LogP contribution in [0.5, 0.6) is 0 Å². The first-order valence-electron chi connectivity index (χ1n) is 7.43. The molecule has 1 aromatic heterocycles. The number of hydrogen-bond acceptors (Lipinski definition) is 6. The van der Waals surface area contributed by atoms with Gasteiger partial charge in [0, 0.05) is 12.7 Å². The summed E-state index contributed by atoms with van der Waals surface area (Å²) < 4.78 is 69.0. The average molecular weight is 419 g/mol. The number of sulfonamides is 1. The highest BCUT2D eigenvalue weighted by molar-refractivity contribution is 7.89. The first-order valence-corrected chi connectivity index (χ1v) is 8.91. The van der Waals surface area contributed by atoms with E-state index in [1.165, 1.54) is 4.72 Å². The average Bonchev–Trinajstić information content (AvgIpc) is 2.87. The predicted octanol–water partition coefficient (Wildman–Crippen LogP) is -0.656. The second kappa shape index (κ2) is 5.93. The Labute approximate surface area is 154 Å². The van der Waals surface area contributed by atoms with E-state index in [1.807, 2.05) is 0 Å². The molecule has 150 valence electrons. The number of benzene rings is 1. The lowest BCUT2D eigenvalue weighted by Crippen LogP contribution is -2.61. The third-order valence-corrected chi connectivity index (χ3v) is 5.64. The molecule has 0 saturated heterocycles. The van der Waals surface area contributed by atoms with E-state index >= 15 is 0 Å². The molecular weight excluding hydrogens is 407 g/mol. The topological polar surface area (TPSA) is 156 Å². The Bertz CT molecular complexity index is 1200. The van der Waals surface area contributed by atoms with Crippen molar-refractivity contribution in [1.29, 1.82) is 0 Å². The fraction of sp³-hybridized carbons (Fsp3) is 0.214. The van der Waals surface area contributed by atoms with Crippen LogP contribution in [0.25, 0.3) is 0 Å². The van der Waals surface area contributed by atoms with Gasteiger partial charge in [-0.05, 0) is 24.3 Å². The van der Waals surface area contributed by atoms with Crippen molar-refractivity contribution in [2.45, 2.75) is 16.6 Å². The zero-order valence-corrected chi connectivity index (χ0v) is 14.7. The number of carbonyl (C=O) groups excluding carboxylic acids is 1. The van der Waals surface area contributed by atoms with E-state index < -0.39 is 55.2 Å². The molecule has 1 atom stereocenters. The number of nitrogen functional groups attached to an aromatic ring is 1. The molecule has 1 aliphatic rings. The van der Waals surface area contributed by atoms with Gasteiger partial charge in [0.15, 0.2) is 0 Å². The molecular formula is C14H12F3N5O5S. The minimum Gasteiger partial charge on any atom is -0.399 e. The van der Waals surface area contributed by atoms with Crippen molar-refractivity contribution in [1.82, 2.24) is 14.3 Å². The SMILES string of the molecule is Cn1c2c(c(=O)[nH]c1=O)[C@](NS(=O)(=O)c1ccc(N)cc1)(C(F)(F)F)C(=O)N2. The molecule has 0 radical (unpaired) electrons. The second-order valence-electron chi connectivity index (χ2n) is 5.92. The van der Waals surface area contributed by atoms with E-state index in [2.05, 4.69) is 0 Å². The van der Waals surface area contributed by atoms with Gasteiger partial charge >= 0.3 is 11.9 Å². The van der Waals surface area contributed by atoms with Crippen LogP contribution >= 0.6 is 0 Å². The number of carbonyl (C=O) groups is 1. The molecule has 5 N–H and O–H groups in total. The summed E-state index contributed by atoms with van der Waals surface area (Å²) in [7, 11) is -3.95. The van der Waals surface area contributed by atoms with Gasteiger partial charge in [0.2, 0.25) is 15.6 Å². The minimum absolute atomic E-state index is 0.153. The van der Waals surface area contributed by atoms with Crippen molar-refractivity contribution in [2.24, 2.45) is 7.05 Å². The molecule has 0 unspecified atom stereocenters. The third kappa shape index (κ3) is 2.68. The van der Waals surface area contributed by atoms with E-state index in [0.29, 0.717) is 4.57 Å². The molecule has 0 saturated carbocycles. The summed E-state index contributed by atoms with van der Waals surface area (Å²) in [6, 6.07) is 4.13. The van der Waals surface area contributed by atoms with Crippen molar-refractivity contribution in [2.75, 3.05) is 11.1 Å². The molecule has 3 rings (SSSR count). The van der Waals surface area contributed by atoms with Crippen molar-refractivity contribution < 1.29 is 26.4 Å². The molecule has 0 spiro atoms. The van der Waals surface area contributed by atoms with Crippen LogP contribution in [0, 0.1) is 0 Å². The number of alkyl halides is 3. The van der Waals surface area contributed by atoms with Crippen LogP contribution in [0.2, 0.25) is 0 Å². The number of nitrogens with two attached hydrogens (primary N) is 1. The van der Waals surface area contributed by atoms with Crippen LogP contribution in [0.15, 0.2) is 38.8 Å². The van der Waals surface area contributed by atoms with Gasteiger partial charge in [-0.3, -0.25) is 19.1 Å². The molecule has 14 heteroatoms. The number of rotatable bonds is 3. The molecule has 1 aliphatic heterocycles. The lowest BCUT2D eigenvalue weighted by molar-refractivity contribution is -0.194. The lowest BCUT2D eigenvalue weighted by Gasteiger charge is -2.29. The lowest BCUT2D eigenvalue weighted by atomic mass is 9.94. The summed E-state index contributed by atoms with van der Waals surface area (Å²) in [5.74, 6) is -2.64. The highest BCUT2D eigenvalue weighted by Gasteiger charge is 2.69. The fourth-order valence-corrected chi connectivity index (χ4v) is 4.09. The van der Waals surface area contributed by atoms with Crippen LogP contribution in [-0.2, 0) is 27.4 Å². The molecule has 2 heterocycles. The molecule has 1 amide bonds.